The van der Waals surface area contributed by atoms with Crippen molar-refractivity contribution in [2.75, 3.05) is 26.8 Å². The molecule has 7 nitrogen and oxygen atoms in total. The highest BCUT2D eigenvalue weighted by atomic mass is 16.5. The average molecular weight is 306 g/mol. The van der Waals surface area contributed by atoms with E-state index in [1.54, 1.807) is 22.9 Å². The van der Waals surface area contributed by atoms with Gasteiger partial charge in [0.05, 0.1) is 25.4 Å². The van der Waals surface area contributed by atoms with Crippen LogP contribution in [0.15, 0.2) is 12.3 Å². The van der Waals surface area contributed by atoms with Crippen LogP contribution >= 0.6 is 0 Å². The second-order valence-corrected chi connectivity index (χ2v) is 5.99. The summed E-state index contributed by atoms with van der Waals surface area (Å²) in [6.07, 6.45) is 4.59. The molecule has 1 aliphatic carbocycles. The molecule has 0 aromatic carbocycles. The smallest absolute Gasteiger partial charge is 0.246 e. The quantitative estimate of drug-likeness (QED) is 0.768. The van der Waals surface area contributed by atoms with E-state index in [0.717, 1.165) is 18.5 Å². The Bertz CT molecular complexity index is 553. The van der Waals surface area contributed by atoms with Gasteiger partial charge in [-0.1, -0.05) is 0 Å². The zero-order valence-electron chi connectivity index (χ0n) is 12.8. The lowest BCUT2D eigenvalue weighted by molar-refractivity contribution is -0.136. The molecule has 3 rings (SSSR count). The van der Waals surface area contributed by atoms with Crippen LogP contribution in [0.4, 0.5) is 0 Å². The third-order valence-corrected chi connectivity index (χ3v) is 4.21. The minimum atomic E-state index is -0.459. The summed E-state index contributed by atoms with van der Waals surface area (Å²) in [6, 6.07) is 1.41. The molecular weight excluding hydrogens is 284 g/mol. The number of carbonyl (C=O) groups excluding carboxylic acids is 2. The second-order valence-electron chi connectivity index (χ2n) is 5.99. The molecule has 1 saturated carbocycles. The van der Waals surface area contributed by atoms with Crippen LogP contribution in [0.1, 0.15) is 31.0 Å². The molecule has 1 aromatic rings. The van der Waals surface area contributed by atoms with E-state index in [2.05, 4.69) is 10.4 Å². The van der Waals surface area contributed by atoms with Crippen molar-refractivity contribution in [3.05, 3.63) is 18.0 Å². The Morgan fingerprint density at radius 2 is 2.27 bits per heavy atom. The summed E-state index contributed by atoms with van der Waals surface area (Å²) in [7, 11) is 1.59. The summed E-state index contributed by atoms with van der Waals surface area (Å²) in [4.78, 5) is 26.5. The zero-order valence-corrected chi connectivity index (χ0v) is 12.8. The Morgan fingerprint density at radius 3 is 3.00 bits per heavy atom. The molecule has 120 valence electrons. The Hall–Kier alpha value is -1.89. The fourth-order valence-electron chi connectivity index (χ4n) is 2.77. The highest BCUT2D eigenvalue weighted by Gasteiger charge is 2.34. The molecule has 0 bridgehead atoms. The van der Waals surface area contributed by atoms with Gasteiger partial charge in [0, 0.05) is 26.3 Å². The molecule has 1 fully saturated rings. The van der Waals surface area contributed by atoms with Gasteiger partial charge in [-0.2, -0.15) is 5.10 Å². The van der Waals surface area contributed by atoms with E-state index in [9.17, 15) is 9.59 Å². The molecule has 2 aliphatic rings. The Morgan fingerprint density at radius 1 is 1.45 bits per heavy atom. The number of hydrogen-bond donors (Lipinski definition) is 1. The highest BCUT2D eigenvalue weighted by molar-refractivity contribution is 5.83. The van der Waals surface area contributed by atoms with E-state index >= 15 is 0 Å². The lowest BCUT2D eigenvalue weighted by atomic mass is 10.1. The first-order chi connectivity index (χ1) is 10.7. The van der Waals surface area contributed by atoms with Crippen molar-refractivity contribution in [1.29, 1.82) is 0 Å². The van der Waals surface area contributed by atoms with Gasteiger partial charge >= 0.3 is 0 Å². The van der Waals surface area contributed by atoms with Crippen molar-refractivity contribution in [3.8, 4) is 0 Å². The molecule has 22 heavy (non-hydrogen) atoms. The maximum atomic E-state index is 12.4. The van der Waals surface area contributed by atoms with Gasteiger partial charge in [0.15, 0.2) is 0 Å². The van der Waals surface area contributed by atoms with Gasteiger partial charge in [-0.3, -0.25) is 14.3 Å². The number of methoxy groups -OCH3 is 1. The Kier molecular flexibility index (Phi) is 4.42. The summed E-state index contributed by atoms with van der Waals surface area (Å²) >= 11 is 0. The topological polar surface area (TPSA) is 76.5 Å². The molecule has 7 heteroatoms. The summed E-state index contributed by atoms with van der Waals surface area (Å²) in [5.41, 5.74) is 0.905. The first-order valence-corrected chi connectivity index (χ1v) is 7.76. The summed E-state index contributed by atoms with van der Waals surface area (Å²) < 4.78 is 6.67. The lowest BCUT2D eigenvalue weighted by Gasteiger charge is -2.33. The van der Waals surface area contributed by atoms with Crippen LogP contribution in [0.3, 0.4) is 0 Å². The van der Waals surface area contributed by atoms with Crippen molar-refractivity contribution in [2.45, 2.75) is 31.8 Å². The molecule has 2 amide bonds. The number of ether oxygens (including phenoxy) is 1. The van der Waals surface area contributed by atoms with Crippen molar-refractivity contribution in [2.24, 2.45) is 5.92 Å². The number of nitrogens with zero attached hydrogens (tertiary/aromatic N) is 3. The number of aromatic nitrogens is 2. The minimum Gasteiger partial charge on any atom is -0.383 e. The molecule has 0 spiro atoms. The third kappa shape index (κ3) is 3.30. The van der Waals surface area contributed by atoms with Crippen LogP contribution in [-0.4, -0.2) is 53.3 Å². The number of carbonyl (C=O) groups is 2. The van der Waals surface area contributed by atoms with E-state index < -0.39 is 6.04 Å². The molecular formula is C15H22N4O3. The molecule has 0 saturated heterocycles. The van der Waals surface area contributed by atoms with Crippen LogP contribution < -0.4 is 5.32 Å². The predicted molar refractivity (Wildman–Crippen MR) is 78.9 cm³/mol. The van der Waals surface area contributed by atoms with Gasteiger partial charge in [-0.25, -0.2) is 0 Å². The standard InChI is InChI=1S/C15H22N4O3/c1-22-7-6-16-15(21)13-10-18(14(20)8-11-2-3-11)9-12-4-5-17-19(12)13/h4-5,11,13H,2-3,6-10H2,1H3,(H,16,21). The van der Waals surface area contributed by atoms with E-state index in [4.69, 9.17) is 4.74 Å². The van der Waals surface area contributed by atoms with Gasteiger partial charge in [0.2, 0.25) is 11.8 Å². The molecule has 1 N–H and O–H groups in total. The summed E-state index contributed by atoms with van der Waals surface area (Å²) in [5, 5.41) is 7.08. The SMILES string of the molecule is COCCNC(=O)C1CN(C(=O)CC2CC2)Cc2ccnn21. The van der Waals surface area contributed by atoms with Gasteiger partial charge in [0.25, 0.3) is 0 Å². The molecule has 1 aliphatic heterocycles. The van der Waals surface area contributed by atoms with Crippen LogP contribution in [0.25, 0.3) is 0 Å². The minimum absolute atomic E-state index is 0.120. The monoisotopic (exact) mass is 306 g/mol. The van der Waals surface area contributed by atoms with Gasteiger partial charge in [-0.05, 0) is 24.8 Å². The predicted octanol–water partition coefficient (Wildman–Crippen LogP) is 0.329. The maximum absolute atomic E-state index is 12.4. The van der Waals surface area contributed by atoms with E-state index in [1.807, 2.05) is 6.07 Å². The molecule has 1 aromatic heterocycles. The van der Waals surface area contributed by atoms with Crippen LogP contribution in [0.2, 0.25) is 0 Å². The number of hydrogen-bond acceptors (Lipinski definition) is 4. The summed E-state index contributed by atoms with van der Waals surface area (Å²) in [6.45, 7) is 1.85. The summed E-state index contributed by atoms with van der Waals surface area (Å²) in [5.74, 6) is 0.573. The Balaban J connectivity index is 1.68. The number of rotatable bonds is 6. The fraction of sp³-hybridized carbons (Fsp3) is 0.667. The van der Waals surface area contributed by atoms with E-state index in [-0.39, 0.29) is 11.8 Å². The number of nitrogens with one attached hydrogen (secondary N) is 1. The highest BCUT2D eigenvalue weighted by Crippen LogP contribution is 2.33. The molecule has 1 unspecified atom stereocenters. The Labute approximate surface area is 129 Å². The van der Waals surface area contributed by atoms with Crippen LogP contribution in [0.5, 0.6) is 0 Å². The second kappa shape index (κ2) is 6.48. The first kappa shape index (κ1) is 15.0. The van der Waals surface area contributed by atoms with E-state index in [1.165, 1.54) is 0 Å². The third-order valence-electron chi connectivity index (χ3n) is 4.21. The first-order valence-electron chi connectivity index (χ1n) is 7.76. The van der Waals surface area contributed by atoms with Crippen molar-refractivity contribution in [1.82, 2.24) is 20.0 Å². The average Bonchev–Trinajstić information content (AvgIpc) is 3.19. The van der Waals surface area contributed by atoms with Crippen molar-refractivity contribution in [3.63, 3.8) is 0 Å². The molecule has 1 atom stereocenters. The van der Waals surface area contributed by atoms with Gasteiger partial charge in [-0.15, -0.1) is 0 Å². The van der Waals surface area contributed by atoms with E-state index in [0.29, 0.717) is 38.6 Å². The number of fused-ring (bicyclic) bond motifs is 1. The lowest BCUT2D eigenvalue weighted by Crippen LogP contribution is -2.47. The van der Waals surface area contributed by atoms with Gasteiger partial charge < -0.3 is 15.0 Å². The fourth-order valence-corrected chi connectivity index (χ4v) is 2.77. The maximum Gasteiger partial charge on any atom is 0.246 e. The normalized spacial score (nSPS) is 20.6. The number of amides is 2. The van der Waals surface area contributed by atoms with Crippen molar-refractivity contribution >= 4 is 11.8 Å². The zero-order chi connectivity index (χ0) is 15.5. The van der Waals surface area contributed by atoms with Crippen molar-refractivity contribution < 1.29 is 14.3 Å². The molecule has 2 heterocycles. The van der Waals surface area contributed by atoms with Crippen LogP contribution in [0, 0.1) is 5.92 Å². The van der Waals surface area contributed by atoms with Gasteiger partial charge in [0.1, 0.15) is 6.04 Å². The largest absolute Gasteiger partial charge is 0.383 e. The van der Waals surface area contributed by atoms with Crippen LogP contribution in [-0.2, 0) is 20.9 Å². The molecule has 0 radical (unpaired) electrons.